The van der Waals surface area contributed by atoms with E-state index in [4.69, 9.17) is 0 Å². The molecule has 2 heterocycles. The van der Waals surface area contributed by atoms with E-state index < -0.39 is 17.1 Å². The standard InChI is InChI=1S/C37H40FN5O3/c1-35-18-24-20-39-43(28-11-9-26(38)10-12-28)31(24)17-25(35)8-13-29-30-14-15-37(46,36(30,2)19-32(44)34(29)35)33(45)22-42-21-27(40-41-42)16-23-6-4-3-5-7-23/h3-7,9-12,17,20-21,29-30,32,34,44,46H,8,13-16,18-19,22H2,1-2H3. The van der Waals surface area contributed by atoms with Crippen molar-refractivity contribution in [2.75, 3.05) is 0 Å². The van der Waals surface area contributed by atoms with Crippen LogP contribution in [-0.4, -0.2) is 52.5 Å². The van der Waals surface area contributed by atoms with Crippen molar-refractivity contribution in [3.63, 3.8) is 0 Å². The maximum Gasteiger partial charge on any atom is 0.186 e. The average molecular weight is 622 g/mol. The Bertz CT molecular complexity index is 1830. The molecule has 2 aromatic heterocycles. The molecule has 0 aliphatic heterocycles. The van der Waals surface area contributed by atoms with Crippen LogP contribution < -0.4 is 0 Å². The van der Waals surface area contributed by atoms with Gasteiger partial charge in [0.15, 0.2) is 5.78 Å². The van der Waals surface area contributed by atoms with Crippen molar-refractivity contribution in [3.05, 3.63) is 101 Å². The Morgan fingerprint density at radius 2 is 1.87 bits per heavy atom. The second-order valence-electron chi connectivity index (χ2n) is 14.6. The number of benzene rings is 2. The minimum Gasteiger partial charge on any atom is -0.393 e. The fraction of sp³-hybridized carbons (Fsp3) is 0.459. The molecule has 0 amide bonds. The predicted molar refractivity (Wildman–Crippen MR) is 170 cm³/mol. The van der Waals surface area contributed by atoms with Gasteiger partial charge in [0.2, 0.25) is 0 Å². The van der Waals surface area contributed by atoms with E-state index in [-0.39, 0.29) is 41.3 Å². The van der Waals surface area contributed by atoms with Gasteiger partial charge >= 0.3 is 0 Å². The minimum atomic E-state index is -1.54. The SMILES string of the molecule is CC12Cc3cnn(-c4ccc(F)cc4)c3C=C1CCC1C2C(O)CC2(C)C1CCC2(O)C(=O)Cn1cc(Cc2ccccc2)nn1. The highest BCUT2D eigenvalue weighted by Crippen LogP contribution is 2.67. The third-order valence-corrected chi connectivity index (χ3v) is 12.2. The molecule has 7 atom stereocenters. The molecule has 0 saturated heterocycles. The molecule has 4 aromatic rings. The summed E-state index contributed by atoms with van der Waals surface area (Å²) in [6.07, 6.45) is 9.98. The number of fused-ring (bicyclic) bond motifs is 6. The molecule has 0 radical (unpaired) electrons. The summed E-state index contributed by atoms with van der Waals surface area (Å²) in [5, 5.41) is 37.4. The van der Waals surface area contributed by atoms with Gasteiger partial charge in [0, 0.05) is 18.0 Å². The lowest BCUT2D eigenvalue weighted by Gasteiger charge is -2.60. The van der Waals surface area contributed by atoms with Crippen LogP contribution in [0.25, 0.3) is 11.8 Å². The average Bonchev–Trinajstić information content (AvgIpc) is 3.72. The molecule has 4 aliphatic rings. The van der Waals surface area contributed by atoms with Gasteiger partial charge in [-0.1, -0.05) is 55.0 Å². The minimum absolute atomic E-state index is 0.0150. The normalized spacial score (nSPS) is 33.0. The van der Waals surface area contributed by atoms with Crippen LogP contribution in [-0.2, 0) is 24.2 Å². The summed E-state index contributed by atoms with van der Waals surface area (Å²) >= 11 is 0. The van der Waals surface area contributed by atoms with Crippen LogP contribution in [0.1, 0.15) is 68.5 Å². The number of aliphatic hydroxyl groups excluding tert-OH is 1. The maximum atomic E-state index is 13.9. The second-order valence-corrected chi connectivity index (χ2v) is 14.6. The number of hydrogen-bond donors (Lipinski definition) is 2. The summed E-state index contributed by atoms with van der Waals surface area (Å²) < 4.78 is 17.0. The number of aromatic nitrogens is 5. The molecule has 4 aliphatic carbocycles. The molecule has 3 fully saturated rings. The Labute approximate surface area is 268 Å². The van der Waals surface area contributed by atoms with Crippen molar-refractivity contribution in [3.8, 4) is 5.69 Å². The van der Waals surface area contributed by atoms with Crippen LogP contribution in [0.4, 0.5) is 4.39 Å². The smallest absolute Gasteiger partial charge is 0.186 e. The molecule has 9 heteroatoms. The van der Waals surface area contributed by atoms with E-state index in [2.05, 4.69) is 28.4 Å². The summed E-state index contributed by atoms with van der Waals surface area (Å²) in [6, 6.07) is 16.4. The molecule has 0 bridgehead atoms. The highest BCUT2D eigenvalue weighted by Gasteiger charge is 2.68. The van der Waals surface area contributed by atoms with Gasteiger partial charge < -0.3 is 10.2 Å². The summed E-state index contributed by atoms with van der Waals surface area (Å²) in [5.74, 6) is -0.200. The molecule has 8 rings (SSSR count). The van der Waals surface area contributed by atoms with Crippen molar-refractivity contribution in [1.29, 1.82) is 0 Å². The lowest BCUT2D eigenvalue weighted by molar-refractivity contribution is -0.180. The number of hydrogen-bond acceptors (Lipinski definition) is 6. The Morgan fingerprint density at radius 3 is 2.65 bits per heavy atom. The maximum absolute atomic E-state index is 13.9. The Balaban J connectivity index is 1.03. The van der Waals surface area contributed by atoms with Crippen LogP contribution in [0.3, 0.4) is 0 Å². The van der Waals surface area contributed by atoms with Crippen molar-refractivity contribution in [2.45, 2.75) is 77.0 Å². The number of rotatable bonds is 6. The predicted octanol–water partition coefficient (Wildman–Crippen LogP) is 5.35. The van der Waals surface area contributed by atoms with Crippen LogP contribution in [0, 0.1) is 34.4 Å². The quantitative estimate of drug-likeness (QED) is 0.301. The molecule has 2 aromatic carbocycles. The lowest BCUT2D eigenvalue weighted by atomic mass is 9.45. The fourth-order valence-electron chi connectivity index (χ4n) is 10.0. The molecule has 7 unspecified atom stereocenters. The van der Waals surface area contributed by atoms with E-state index in [9.17, 15) is 19.4 Å². The fourth-order valence-corrected chi connectivity index (χ4v) is 10.0. The van der Waals surface area contributed by atoms with E-state index in [0.717, 1.165) is 53.9 Å². The van der Waals surface area contributed by atoms with Gasteiger partial charge in [-0.05, 0) is 103 Å². The highest BCUT2D eigenvalue weighted by molar-refractivity contribution is 5.88. The van der Waals surface area contributed by atoms with E-state index >= 15 is 0 Å². The molecule has 238 valence electrons. The number of Topliss-reactive ketones (excluding diaryl/α,β-unsaturated/α-hetero) is 1. The van der Waals surface area contributed by atoms with E-state index in [1.807, 2.05) is 48.1 Å². The molecule has 46 heavy (non-hydrogen) atoms. The molecular weight excluding hydrogens is 581 g/mol. The Morgan fingerprint density at radius 1 is 1.09 bits per heavy atom. The largest absolute Gasteiger partial charge is 0.393 e. The first-order chi connectivity index (χ1) is 22.1. The first-order valence-electron chi connectivity index (χ1n) is 16.5. The third kappa shape index (κ3) is 4.38. The van der Waals surface area contributed by atoms with Gasteiger partial charge in [0.1, 0.15) is 18.0 Å². The molecule has 0 spiro atoms. The van der Waals surface area contributed by atoms with Crippen LogP contribution in [0.2, 0.25) is 0 Å². The zero-order valence-electron chi connectivity index (χ0n) is 26.3. The number of allylic oxidation sites excluding steroid dienone is 1. The monoisotopic (exact) mass is 621 g/mol. The highest BCUT2D eigenvalue weighted by atomic mass is 19.1. The molecule has 8 nitrogen and oxygen atoms in total. The van der Waals surface area contributed by atoms with Gasteiger partial charge in [-0.15, -0.1) is 5.10 Å². The first-order valence-corrected chi connectivity index (χ1v) is 16.5. The van der Waals surface area contributed by atoms with Crippen molar-refractivity contribution in [2.24, 2.45) is 28.6 Å². The number of ketones is 1. The van der Waals surface area contributed by atoms with Crippen molar-refractivity contribution in [1.82, 2.24) is 24.8 Å². The van der Waals surface area contributed by atoms with Gasteiger partial charge in [-0.3, -0.25) is 4.79 Å². The van der Waals surface area contributed by atoms with Crippen molar-refractivity contribution >= 4 is 11.9 Å². The van der Waals surface area contributed by atoms with Gasteiger partial charge in [0.25, 0.3) is 0 Å². The topological polar surface area (TPSA) is 106 Å². The summed E-state index contributed by atoms with van der Waals surface area (Å²) in [4.78, 5) is 13.9. The number of nitrogens with zero attached hydrogens (tertiary/aromatic N) is 5. The van der Waals surface area contributed by atoms with Crippen LogP contribution >= 0.6 is 0 Å². The summed E-state index contributed by atoms with van der Waals surface area (Å²) in [7, 11) is 0. The zero-order valence-corrected chi connectivity index (χ0v) is 26.3. The van der Waals surface area contributed by atoms with E-state index in [1.54, 1.807) is 23.0 Å². The number of halogens is 1. The molecular formula is C37H40FN5O3. The van der Waals surface area contributed by atoms with Gasteiger partial charge in [-0.25, -0.2) is 13.8 Å². The van der Waals surface area contributed by atoms with E-state index in [1.165, 1.54) is 17.7 Å². The Hall–Kier alpha value is -3.95. The van der Waals surface area contributed by atoms with Crippen LogP contribution in [0.15, 0.2) is 72.6 Å². The summed E-state index contributed by atoms with van der Waals surface area (Å²) in [6.45, 7) is 4.27. The Kier molecular flexibility index (Phi) is 6.75. The molecule has 2 N–H and O–H groups in total. The first kappa shape index (κ1) is 29.5. The molecule has 3 saturated carbocycles. The van der Waals surface area contributed by atoms with Crippen molar-refractivity contribution < 1.29 is 19.4 Å². The third-order valence-electron chi connectivity index (χ3n) is 12.2. The lowest BCUT2D eigenvalue weighted by Crippen LogP contribution is -2.62. The van der Waals surface area contributed by atoms with Gasteiger partial charge in [-0.2, -0.15) is 5.10 Å². The van der Waals surface area contributed by atoms with E-state index in [0.29, 0.717) is 19.3 Å². The van der Waals surface area contributed by atoms with Gasteiger partial charge in [0.05, 0.1) is 29.4 Å². The summed E-state index contributed by atoms with van der Waals surface area (Å²) in [5.41, 5.74) is 3.64. The zero-order chi connectivity index (χ0) is 31.8. The number of carbonyl (C=O) groups is 1. The number of aliphatic hydroxyl groups is 2. The number of carbonyl (C=O) groups excluding carboxylic acids is 1. The van der Waals surface area contributed by atoms with Crippen LogP contribution in [0.5, 0.6) is 0 Å². The second kappa shape index (κ2) is 10.5.